The topological polar surface area (TPSA) is 144 Å². The van der Waals surface area contributed by atoms with Gasteiger partial charge < -0.3 is 24.3 Å². The monoisotopic (exact) mass is 599 g/mol. The first-order valence-corrected chi connectivity index (χ1v) is 15.2. The van der Waals surface area contributed by atoms with Gasteiger partial charge in [0, 0.05) is 6.61 Å². The van der Waals surface area contributed by atoms with Crippen molar-refractivity contribution in [2.45, 2.75) is 98.2 Å². The average Bonchev–Trinajstić information content (AvgIpc) is 2.81. The summed E-state index contributed by atoms with van der Waals surface area (Å²) in [5.41, 5.74) is -0.891. The molecule has 11 nitrogen and oxygen atoms in total. The second-order valence-electron chi connectivity index (χ2n) is 11.6. The Balaban J connectivity index is 3.36. The number of nitrogens with one attached hydrogen (secondary N) is 1. The van der Waals surface area contributed by atoms with Gasteiger partial charge >= 0.3 is 18.0 Å². The molecule has 232 valence electrons. The molecule has 41 heavy (non-hydrogen) atoms. The van der Waals surface area contributed by atoms with E-state index < -0.39 is 63.8 Å². The Morgan fingerprint density at radius 2 is 1.54 bits per heavy atom. The van der Waals surface area contributed by atoms with Crippen LogP contribution in [0.25, 0.3) is 0 Å². The summed E-state index contributed by atoms with van der Waals surface area (Å²) < 4.78 is 51.7. The van der Waals surface area contributed by atoms with Gasteiger partial charge in [0.1, 0.15) is 23.0 Å². The summed E-state index contributed by atoms with van der Waals surface area (Å²) in [4.78, 5) is 39.2. The molecule has 12 heteroatoms. The van der Waals surface area contributed by atoms with Crippen LogP contribution in [0.15, 0.2) is 42.2 Å². The molecule has 0 aromatic heterocycles. The molecule has 2 unspecified atom stereocenters. The van der Waals surface area contributed by atoms with Gasteiger partial charge in [-0.2, -0.15) is 8.42 Å². The highest BCUT2D eigenvalue weighted by molar-refractivity contribution is 7.86. The van der Waals surface area contributed by atoms with Crippen molar-refractivity contribution in [2.24, 2.45) is 5.92 Å². The highest BCUT2D eigenvalue weighted by atomic mass is 32.2. The zero-order valence-corrected chi connectivity index (χ0v) is 26.3. The number of carbonyl (C=O) groups excluding carboxylic acids is 3. The van der Waals surface area contributed by atoms with Gasteiger partial charge in [-0.05, 0) is 79.9 Å². The van der Waals surface area contributed by atoms with Crippen molar-refractivity contribution in [2.75, 3.05) is 12.9 Å². The fourth-order valence-electron chi connectivity index (χ4n) is 3.49. The number of hydrogen-bond donors (Lipinski definition) is 1. The van der Waals surface area contributed by atoms with Crippen LogP contribution in [0.4, 0.5) is 4.79 Å². The molecule has 0 aliphatic heterocycles. The Labute approximate surface area is 244 Å². The normalized spacial score (nSPS) is 14.9. The molecule has 0 saturated carbocycles. The molecule has 1 N–H and O–H groups in total. The van der Waals surface area contributed by atoms with Gasteiger partial charge in [-0.1, -0.05) is 30.3 Å². The molecule has 1 aromatic rings. The third kappa shape index (κ3) is 16.2. The summed E-state index contributed by atoms with van der Waals surface area (Å²) in [6.45, 7) is 13.4. The van der Waals surface area contributed by atoms with Crippen LogP contribution in [-0.2, 0) is 49.4 Å². The van der Waals surface area contributed by atoms with Crippen molar-refractivity contribution in [1.82, 2.24) is 5.32 Å². The Kier molecular flexibility index (Phi) is 14.0. The van der Waals surface area contributed by atoms with Crippen LogP contribution < -0.4 is 5.32 Å². The molecule has 0 fully saturated rings. The summed E-state index contributed by atoms with van der Waals surface area (Å²) in [5.74, 6) is -2.76. The lowest BCUT2D eigenvalue weighted by atomic mass is 9.92. The first-order valence-electron chi connectivity index (χ1n) is 13.4. The minimum absolute atomic E-state index is 0.0259. The van der Waals surface area contributed by atoms with E-state index in [0.717, 1.165) is 11.8 Å². The Morgan fingerprint density at radius 1 is 0.951 bits per heavy atom. The van der Waals surface area contributed by atoms with Crippen molar-refractivity contribution in [1.29, 1.82) is 0 Å². The number of benzene rings is 1. The van der Waals surface area contributed by atoms with Gasteiger partial charge in [0.2, 0.25) is 0 Å². The summed E-state index contributed by atoms with van der Waals surface area (Å²) >= 11 is 0. The third-order valence-corrected chi connectivity index (χ3v) is 5.84. The van der Waals surface area contributed by atoms with Crippen molar-refractivity contribution in [3.63, 3.8) is 0 Å². The molecular formula is C29H45NO10S. The Hall–Kier alpha value is -2.96. The SMILES string of the molecule is C/C=C(\C)OC(=O)C(C[C@H](NC(=O)OC(C)(C)C)C(=O)OC(C)(C)C)C(CCOCc1ccccc1)OS(C)(=O)=O. The quantitative estimate of drug-likeness (QED) is 0.106. The van der Waals surface area contributed by atoms with E-state index in [1.54, 1.807) is 61.5 Å². The molecule has 0 spiro atoms. The highest BCUT2D eigenvalue weighted by Crippen LogP contribution is 2.25. The lowest BCUT2D eigenvalue weighted by Crippen LogP contribution is -2.49. The zero-order chi connectivity index (χ0) is 31.4. The van der Waals surface area contributed by atoms with Crippen LogP contribution in [-0.4, -0.2) is 62.7 Å². The van der Waals surface area contributed by atoms with Crippen LogP contribution in [0.3, 0.4) is 0 Å². The number of rotatable bonds is 14. The largest absolute Gasteiger partial charge is 0.458 e. The van der Waals surface area contributed by atoms with E-state index in [4.69, 9.17) is 23.1 Å². The predicted octanol–water partition coefficient (Wildman–Crippen LogP) is 4.65. The Bertz CT molecular complexity index is 1130. The van der Waals surface area contributed by atoms with E-state index in [0.29, 0.717) is 0 Å². The minimum atomic E-state index is -4.06. The molecule has 1 aromatic carbocycles. The molecule has 0 aliphatic rings. The standard InChI is InChI=1S/C29H45NO10S/c1-10-20(2)37-25(31)22(18-23(26(32)38-28(3,4)5)30-27(33)39-29(6,7)8)24(40-41(9,34)35)16-17-36-19-21-14-12-11-13-15-21/h10-15,22-24H,16-19H2,1-9H3,(H,30,33)/b20-10+/t22?,23-,24?/m0/s1. The van der Waals surface area contributed by atoms with Gasteiger partial charge in [-0.3, -0.25) is 8.98 Å². The van der Waals surface area contributed by atoms with Crippen molar-refractivity contribution in [3.05, 3.63) is 47.7 Å². The summed E-state index contributed by atoms with van der Waals surface area (Å²) in [6.07, 6.45) is -0.242. The molecule has 1 amide bonds. The first-order chi connectivity index (χ1) is 18.8. The van der Waals surface area contributed by atoms with Gasteiger partial charge in [0.05, 0.1) is 24.9 Å². The lowest BCUT2D eigenvalue weighted by Gasteiger charge is -2.30. The first kappa shape index (κ1) is 36.1. The summed E-state index contributed by atoms with van der Waals surface area (Å²) in [6, 6.07) is 7.94. The molecule has 0 radical (unpaired) electrons. The van der Waals surface area contributed by atoms with E-state index in [-0.39, 0.29) is 25.4 Å². The van der Waals surface area contributed by atoms with Crippen LogP contribution in [0.5, 0.6) is 0 Å². The van der Waals surface area contributed by atoms with Gasteiger partial charge in [-0.15, -0.1) is 0 Å². The predicted molar refractivity (Wildman–Crippen MR) is 153 cm³/mol. The van der Waals surface area contributed by atoms with Crippen LogP contribution in [0.1, 0.15) is 73.8 Å². The number of carbonyl (C=O) groups is 3. The second kappa shape index (κ2) is 15.9. The molecular weight excluding hydrogens is 554 g/mol. The van der Waals surface area contributed by atoms with E-state index in [1.165, 1.54) is 0 Å². The number of amides is 1. The molecule has 0 saturated heterocycles. The van der Waals surface area contributed by atoms with E-state index in [2.05, 4.69) is 5.32 Å². The lowest BCUT2D eigenvalue weighted by molar-refractivity contribution is -0.159. The maximum atomic E-state index is 13.4. The molecule has 0 aliphatic carbocycles. The smallest absolute Gasteiger partial charge is 0.408 e. The fourth-order valence-corrected chi connectivity index (χ4v) is 4.17. The molecule has 0 bridgehead atoms. The zero-order valence-electron chi connectivity index (χ0n) is 25.5. The van der Waals surface area contributed by atoms with E-state index in [1.807, 2.05) is 30.3 Å². The number of hydrogen-bond acceptors (Lipinski definition) is 10. The maximum absolute atomic E-state index is 13.4. The van der Waals surface area contributed by atoms with Crippen molar-refractivity contribution < 1.29 is 45.9 Å². The van der Waals surface area contributed by atoms with Crippen LogP contribution >= 0.6 is 0 Å². The Morgan fingerprint density at radius 3 is 2.05 bits per heavy atom. The molecule has 0 heterocycles. The number of esters is 2. The fraction of sp³-hybridized carbons (Fsp3) is 0.621. The number of alkyl carbamates (subject to hydrolysis) is 1. The minimum Gasteiger partial charge on any atom is -0.458 e. The summed E-state index contributed by atoms with van der Waals surface area (Å²) in [7, 11) is -4.06. The maximum Gasteiger partial charge on any atom is 0.408 e. The van der Waals surface area contributed by atoms with Crippen LogP contribution in [0, 0.1) is 5.92 Å². The average molecular weight is 600 g/mol. The van der Waals surface area contributed by atoms with Gasteiger partial charge in [-0.25, -0.2) is 9.59 Å². The second-order valence-corrected chi connectivity index (χ2v) is 13.2. The molecule has 3 atom stereocenters. The third-order valence-electron chi connectivity index (χ3n) is 5.25. The number of ether oxygens (including phenoxy) is 4. The van der Waals surface area contributed by atoms with Crippen LogP contribution in [0.2, 0.25) is 0 Å². The summed E-state index contributed by atoms with van der Waals surface area (Å²) in [5, 5.41) is 2.46. The van der Waals surface area contributed by atoms with Gasteiger partial charge in [0.15, 0.2) is 0 Å². The van der Waals surface area contributed by atoms with Crippen molar-refractivity contribution in [3.8, 4) is 0 Å². The van der Waals surface area contributed by atoms with E-state index >= 15 is 0 Å². The van der Waals surface area contributed by atoms with Crippen molar-refractivity contribution >= 4 is 28.1 Å². The number of allylic oxidation sites excluding steroid dienone is 2. The van der Waals surface area contributed by atoms with E-state index in [9.17, 15) is 22.8 Å². The molecule has 1 rings (SSSR count). The highest BCUT2D eigenvalue weighted by Gasteiger charge is 2.39. The van der Waals surface area contributed by atoms with Gasteiger partial charge in [0.25, 0.3) is 10.1 Å².